The molecule has 0 radical (unpaired) electrons. The van der Waals surface area contributed by atoms with Crippen LogP contribution in [-0.4, -0.2) is 47.6 Å². The lowest BCUT2D eigenvalue weighted by atomic mass is 9.88. The number of ether oxygens (including phenoxy) is 1. The predicted molar refractivity (Wildman–Crippen MR) is 104 cm³/mol. The van der Waals surface area contributed by atoms with Gasteiger partial charge in [-0.2, -0.15) is 0 Å². The molecule has 2 saturated heterocycles. The molecule has 28 heavy (non-hydrogen) atoms. The summed E-state index contributed by atoms with van der Waals surface area (Å²) >= 11 is 0. The molecule has 0 saturated carbocycles. The standard InChI is InChI=1S/C22H24N2O4/c1-27-19-10-6-5-9-18(19)21(26)23-13-11-22(12-14-23)15-20(25)24(28-22)16-17-7-3-2-4-8-17/h2-10H,11-16H2,1H3. The second-order valence-electron chi connectivity index (χ2n) is 7.36. The van der Waals surface area contributed by atoms with Crippen LogP contribution in [0.2, 0.25) is 0 Å². The zero-order valence-electron chi connectivity index (χ0n) is 16.0. The van der Waals surface area contributed by atoms with E-state index in [0.29, 0.717) is 50.2 Å². The third-order valence-electron chi connectivity index (χ3n) is 5.52. The summed E-state index contributed by atoms with van der Waals surface area (Å²) in [4.78, 5) is 33.3. The first-order valence-corrected chi connectivity index (χ1v) is 9.56. The number of para-hydroxylation sites is 1. The summed E-state index contributed by atoms with van der Waals surface area (Å²) in [5, 5.41) is 1.48. The number of methoxy groups -OCH3 is 1. The molecule has 6 nitrogen and oxygen atoms in total. The summed E-state index contributed by atoms with van der Waals surface area (Å²) in [7, 11) is 1.57. The molecule has 0 unspecified atom stereocenters. The minimum Gasteiger partial charge on any atom is -0.496 e. The molecule has 2 aliphatic rings. The first kappa shape index (κ1) is 18.5. The maximum atomic E-state index is 12.9. The molecule has 2 aromatic rings. The Hall–Kier alpha value is -2.86. The quantitative estimate of drug-likeness (QED) is 0.818. The Morgan fingerprint density at radius 2 is 1.75 bits per heavy atom. The van der Waals surface area contributed by atoms with Crippen LogP contribution in [0.3, 0.4) is 0 Å². The van der Waals surface area contributed by atoms with Crippen LogP contribution >= 0.6 is 0 Å². The Balaban J connectivity index is 1.40. The van der Waals surface area contributed by atoms with Gasteiger partial charge in [0.2, 0.25) is 5.91 Å². The second-order valence-corrected chi connectivity index (χ2v) is 7.36. The maximum Gasteiger partial charge on any atom is 0.257 e. The number of carbonyl (C=O) groups excluding carboxylic acids is 2. The molecule has 146 valence electrons. The lowest BCUT2D eigenvalue weighted by Gasteiger charge is -2.38. The van der Waals surface area contributed by atoms with E-state index in [4.69, 9.17) is 9.57 Å². The van der Waals surface area contributed by atoms with E-state index in [1.54, 1.807) is 19.2 Å². The monoisotopic (exact) mass is 380 g/mol. The molecule has 0 bridgehead atoms. The maximum absolute atomic E-state index is 12.9. The summed E-state index contributed by atoms with van der Waals surface area (Å²) in [6, 6.07) is 17.1. The van der Waals surface area contributed by atoms with Gasteiger partial charge in [0.15, 0.2) is 0 Å². The number of amides is 2. The molecule has 0 aliphatic carbocycles. The Morgan fingerprint density at radius 3 is 2.46 bits per heavy atom. The number of hydrogen-bond acceptors (Lipinski definition) is 4. The number of piperidine rings is 1. The van der Waals surface area contributed by atoms with Gasteiger partial charge in [-0.05, 0) is 30.5 Å². The highest BCUT2D eigenvalue weighted by atomic mass is 16.7. The Bertz CT molecular complexity index is 860. The number of benzene rings is 2. The van der Waals surface area contributed by atoms with Crippen LogP contribution in [0.25, 0.3) is 0 Å². The summed E-state index contributed by atoms with van der Waals surface area (Å²) < 4.78 is 5.31. The zero-order valence-corrected chi connectivity index (χ0v) is 16.0. The molecular formula is C22H24N2O4. The average molecular weight is 380 g/mol. The average Bonchev–Trinajstić information content (AvgIpc) is 3.03. The van der Waals surface area contributed by atoms with E-state index in [9.17, 15) is 9.59 Å². The van der Waals surface area contributed by atoms with Crippen molar-refractivity contribution in [2.45, 2.75) is 31.4 Å². The fraction of sp³-hybridized carbons (Fsp3) is 0.364. The fourth-order valence-electron chi connectivity index (χ4n) is 3.93. The first-order chi connectivity index (χ1) is 13.6. The van der Waals surface area contributed by atoms with Crippen molar-refractivity contribution in [3.8, 4) is 5.75 Å². The van der Waals surface area contributed by atoms with Gasteiger partial charge < -0.3 is 9.64 Å². The number of carbonyl (C=O) groups is 2. The van der Waals surface area contributed by atoms with Crippen LogP contribution in [-0.2, 0) is 16.2 Å². The highest BCUT2D eigenvalue weighted by Gasteiger charge is 2.47. The normalized spacial score (nSPS) is 18.5. The third kappa shape index (κ3) is 3.60. The van der Waals surface area contributed by atoms with Crippen molar-refractivity contribution in [2.24, 2.45) is 0 Å². The van der Waals surface area contributed by atoms with Crippen molar-refractivity contribution in [2.75, 3.05) is 20.2 Å². The van der Waals surface area contributed by atoms with Gasteiger partial charge in [0.05, 0.1) is 25.6 Å². The zero-order chi connectivity index (χ0) is 19.6. The van der Waals surface area contributed by atoms with Crippen LogP contribution in [0, 0.1) is 0 Å². The van der Waals surface area contributed by atoms with Gasteiger partial charge in [-0.3, -0.25) is 14.4 Å². The van der Waals surface area contributed by atoms with Crippen molar-refractivity contribution in [3.63, 3.8) is 0 Å². The van der Waals surface area contributed by atoms with Crippen LogP contribution in [0.5, 0.6) is 5.75 Å². The van der Waals surface area contributed by atoms with Gasteiger partial charge in [0, 0.05) is 13.1 Å². The summed E-state index contributed by atoms with van der Waals surface area (Å²) in [5.41, 5.74) is 1.11. The van der Waals surface area contributed by atoms with Crippen LogP contribution in [0.1, 0.15) is 35.2 Å². The molecule has 2 aliphatic heterocycles. The number of hydrogen-bond donors (Lipinski definition) is 0. The predicted octanol–water partition coefficient (Wildman–Crippen LogP) is 3.03. The highest BCUT2D eigenvalue weighted by molar-refractivity contribution is 5.97. The SMILES string of the molecule is COc1ccccc1C(=O)N1CCC2(CC1)CC(=O)N(Cc1ccccc1)O2. The molecule has 2 fully saturated rings. The topological polar surface area (TPSA) is 59.1 Å². The van der Waals surface area contributed by atoms with Gasteiger partial charge in [-0.25, -0.2) is 5.06 Å². The molecule has 0 aromatic heterocycles. The van der Waals surface area contributed by atoms with E-state index in [0.717, 1.165) is 5.56 Å². The fourth-order valence-corrected chi connectivity index (χ4v) is 3.93. The van der Waals surface area contributed by atoms with Gasteiger partial charge >= 0.3 is 0 Å². The first-order valence-electron chi connectivity index (χ1n) is 9.56. The van der Waals surface area contributed by atoms with Gasteiger partial charge in [0.1, 0.15) is 11.4 Å². The molecule has 0 atom stereocenters. The molecule has 4 rings (SSSR count). The molecular weight excluding hydrogens is 356 g/mol. The van der Waals surface area contributed by atoms with E-state index in [2.05, 4.69) is 0 Å². The van der Waals surface area contributed by atoms with Crippen molar-refractivity contribution in [1.82, 2.24) is 9.96 Å². The molecule has 6 heteroatoms. The van der Waals surface area contributed by atoms with Gasteiger partial charge in [-0.15, -0.1) is 0 Å². The Labute approximate surface area is 164 Å². The number of hydroxylamine groups is 2. The molecule has 1 spiro atoms. The van der Waals surface area contributed by atoms with E-state index >= 15 is 0 Å². The molecule has 2 aromatic carbocycles. The van der Waals surface area contributed by atoms with Crippen molar-refractivity contribution in [1.29, 1.82) is 0 Å². The third-order valence-corrected chi connectivity index (χ3v) is 5.52. The molecule has 2 heterocycles. The number of likely N-dealkylation sites (tertiary alicyclic amines) is 1. The lowest BCUT2D eigenvalue weighted by molar-refractivity contribution is -0.213. The summed E-state index contributed by atoms with van der Waals surface area (Å²) in [5.74, 6) is 0.542. The minimum absolute atomic E-state index is 0.00774. The molecule has 0 N–H and O–H groups in total. The van der Waals surface area contributed by atoms with Crippen molar-refractivity contribution < 1.29 is 19.2 Å². The van der Waals surface area contributed by atoms with Crippen molar-refractivity contribution in [3.05, 3.63) is 65.7 Å². The van der Waals surface area contributed by atoms with Gasteiger partial charge in [0.25, 0.3) is 5.91 Å². The largest absolute Gasteiger partial charge is 0.496 e. The summed E-state index contributed by atoms with van der Waals surface area (Å²) in [6.45, 7) is 1.57. The lowest BCUT2D eigenvalue weighted by Crippen LogP contribution is -2.47. The highest BCUT2D eigenvalue weighted by Crippen LogP contribution is 2.37. The summed E-state index contributed by atoms with van der Waals surface area (Å²) in [6.07, 6.45) is 1.66. The minimum atomic E-state index is -0.497. The van der Waals surface area contributed by atoms with E-state index < -0.39 is 5.60 Å². The van der Waals surface area contributed by atoms with E-state index in [1.807, 2.05) is 47.4 Å². The molecule has 2 amide bonds. The van der Waals surface area contributed by atoms with Crippen LogP contribution < -0.4 is 4.74 Å². The van der Waals surface area contributed by atoms with E-state index in [1.165, 1.54) is 5.06 Å². The van der Waals surface area contributed by atoms with Gasteiger partial charge in [-0.1, -0.05) is 42.5 Å². The number of nitrogens with zero attached hydrogens (tertiary/aromatic N) is 2. The smallest absolute Gasteiger partial charge is 0.257 e. The van der Waals surface area contributed by atoms with Crippen LogP contribution in [0.15, 0.2) is 54.6 Å². The van der Waals surface area contributed by atoms with E-state index in [-0.39, 0.29) is 11.8 Å². The Kier molecular flexibility index (Phi) is 5.05. The van der Waals surface area contributed by atoms with Crippen molar-refractivity contribution >= 4 is 11.8 Å². The Morgan fingerprint density at radius 1 is 1.07 bits per heavy atom. The second kappa shape index (κ2) is 7.64. The number of rotatable bonds is 4. The van der Waals surface area contributed by atoms with Crippen LogP contribution in [0.4, 0.5) is 0 Å².